The number of anilines is 1. The third-order valence-electron chi connectivity index (χ3n) is 6.16. The Morgan fingerprint density at radius 3 is 2.18 bits per heavy atom. The third-order valence-corrected chi connectivity index (χ3v) is 8.87. The number of halogens is 3. The molecule has 0 saturated heterocycles. The van der Waals surface area contributed by atoms with Crippen LogP contribution >= 0.6 is 39.1 Å². The fourth-order valence-corrected chi connectivity index (χ4v) is 6.19. The molecule has 1 N–H and O–H groups in total. The summed E-state index contributed by atoms with van der Waals surface area (Å²) in [5, 5.41) is 3.34. The van der Waals surface area contributed by atoms with Gasteiger partial charge in [-0.25, -0.2) is 8.42 Å². The molecule has 0 unspecified atom stereocenters. The normalized spacial score (nSPS) is 12.9. The smallest absolute Gasteiger partial charge is 0.264 e. The highest BCUT2D eigenvalue weighted by Gasteiger charge is 2.33. The van der Waals surface area contributed by atoms with Crippen LogP contribution in [-0.2, 0) is 26.2 Å². The summed E-state index contributed by atoms with van der Waals surface area (Å²) in [4.78, 5) is 28.4. The molecule has 0 heterocycles. The van der Waals surface area contributed by atoms with Crippen LogP contribution in [0.15, 0.2) is 82.2 Å². The molecule has 3 rings (SSSR count). The number of hydrogen-bond acceptors (Lipinski definition) is 4. The van der Waals surface area contributed by atoms with E-state index in [0.29, 0.717) is 0 Å². The standard InChI is InChI=1S/C28H30BrCl2N3O4S/c1-4-19(2)32-28(36)20(3)33(17-21-9-8-10-22(29)13-21)27(35)18-34(25-15-23(30)14-24(31)16-25)39(37,38)26-11-6-5-7-12-26/h5-16,19-20H,4,17-18H2,1-3H3,(H,32,36)/t19-,20-/m1/s1. The summed E-state index contributed by atoms with van der Waals surface area (Å²) in [5.74, 6) is -0.909. The SMILES string of the molecule is CC[C@@H](C)NC(=O)[C@@H](C)N(Cc1cccc(Br)c1)C(=O)CN(c1cc(Cl)cc(Cl)c1)S(=O)(=O)c1ccccc1. The molecule has 0 radical (unpaired) electrons. The Morgan fingerprint density at radius 2 is 1.59 bits per heavy atom. The molecule has 0 spiro atoms. The van der Waals surface area contributed by atoms with Gasteiger partial charge in [-0.05, 0) is 68.3 Å². The number of sulfonamides is 1. The van der Waals surface area contributed by atoms with Gasteiger partial charge in [-0.1, -0.05) is 76.4 Å². The van der Waals surface area contributed by atoms with Crippen molar-refractivity contribution in [3.8, 4) is 0 Å². The average Bonchev–Trinajstić information content (AvgIpc) is 2.89. The van der Waals surface area contributed by atoms with Crippen LogP contribution in [0.3, 0.4) is 0 Å². The summed E-state index contributed by atoms with van der Waals surface area (Å²) in [6.07, 6.45) is 0.719. The van der Waals surface area contributed by atoms with Gasteiger partial charge in [0.25, 0.3) is 10.0 Å². The Hall–Kier alpha value is -2.59. The Labute approximate surface area is 248 Å². The summed E-state index contributed by atoms with van der Waals surface area (Å²) < 4.78 is 29.4. The van der Waals surface area contributed by atoms with E-state index < -0.39 is 28.5 Å². The van der Waals surface area contributed by atoms with E-state index in [1.807, 2.05) is 38.1 Å². The molecule has 0 aliphatic carbocycles. The molecule has 7 nitrogen and oxygen atoms in total. The number of carbonyl (C=O) groups excluding carboxylic acids is 2. The minimum Gasteiger partial charge on any atom is -0.352 e. The average molecular weight is 655 g/mol. The molecule has 0 fully saturated rings. The quantitative estimate of drug-likeness (QED) is 0.264. The molecule has 3 aromatic rings. The summed E-state index contributed by atoms with van der Waals surface area (Å²) >= 11 is 15.9. The first-order chi connectivity index (χ1) is 18.4. The van der Waals surface area contributed by atoms with E-state index in [0.717, 1.165) is 20.8 Å². The molecule has 0 aliphatic heterocycles. The third kappa shape index (κ3) is 8.20. The van der Waals surface area contributed by atoms with Crippen molar-refractivity contribution in [1.29, 1.82) is 0 Å². The van der Waals surface area contributed by atoms with Gasteiger partial charge in [0.15, 0.2) is 0 Å². The summed E-state index contributed by atoms with van der Waals surface area (Å²) in [6, 6.07) is 18.5. The van der Waals surface area contributed by atoms with Gasteiger partial charge in [-0.3, -0.25) is 13.9 Å². The van der Waals surface area contributed by atoms with E-state index >= 15 is 0 Å². The molecular formula is C28H30BrCl2N3O4S. The monoisotopic (exact) mass is 653 g/mol. The lowest BCUT2D eigenvalue weighted by Crippen LogP contribution is -2.52. The van der Waals surface area contributed by atoms with Gasteiger partial charge in [-0.2, -0.15) is 0 Å². The fraction of sp³-hybridized carbons (Fsp3) is 0.286. The fourth-order valence-electron chi connectivity index (χ4n) is 3.81. The van der Waals surface area contributed by atoms with Crippen molar-refractivity contribution in [2.24, 2.45) is 0 Å². The Morgan fingerprint density at radius 1 is 0.949 bits per heavy atom. The van der Waals surface area contributed by atoms with Gasteiger partial charge in [0.05, 0.1) is 10.6 Å². The second kappa shape index (κ2) is 13.7. The van der Waals surface area contributed by atoms with Gasteiger partial charge in [0.2, 0.25) is 11.8 Å². The van der Waals surface area contributed by atoms with Gasteiger partial charge in [0.1, 0.15) is 12.6 Å². The molecule has 11 heteroatoms. The van der Waals surface area contributed by atoms with Crippen LogP contribution in [0.5, 0.6) is 0 Å². The Kier molecular flexibility index (Phi) is 10.8. The zero-order valence-corrected chi connectivity index (χ0v) is 25.7. The summed E-state index contributed by atoms with van der Waals surface area (Å²) in [6.45, 7) is 4.95. The minimum absolute atomic E-state index is 0.00463. The maximum absolute atomic E-state index is 13.9. The lowest BCUT2D eigenvalue weighted by molar-refractivity contribution is -0.139. The van der Waals surface area contributed by atoms with E-state index in [1.165, 1.54) is 35.2 Å². The van der Waals surface area contributed by atoms with Crippen LogP contribution in [0.25, 0.3) is 0 Å². The number of benzene rings is 3. The van der Waals surface area contributed by atoms with E-state index in [1.54, 1.807) is 25.1 Å². The molecule has 39 heavy (non-hydrogen) atoms. The van der Waals surface area contributed by atoms with Gasteiger partial charge in [0, 0.05) is 27.1 Å². The van der Waals surface area contributed by atoms with Crippen molar-refractivity contribution in [3.05, 3.63) is 92.9 Å². The van der Waals surface area contributed by atoms with Crippen LogP contribution < -0.4 is 9.62 Å². The first-order valence-corrected chi connectivity index (χ1v) is 15.3. The first kappa shape index (κ1) is 30.9. The van der Waals surface area contributed by atoms with Crippen molar-refractivity contribution in [3.63, 3.8) is 0 Å². The predicted molar refractivity (Wildman–Crippen MR) is 159 cm³/mol. The zero-order valence-electron chi connectivity index (χ0n) is 21.8. The van der Waals surface area contributed by atoms with Gasteiger partial charge in [-0.15, -0.1) is 0 Å². The number of hydrogen-bond donors (Lipinski definition) is 1. The van der Waals surface area contributed by atoms with Crippen molar-refractivity contribution >= 4 is 66.7 Å². The van der Waals surface area contributed by atoms with E-state index in [-0.39, 0.29) is 39.1 Å². The van der Waals surface area contributed by atoms with Crippen molar-refractivity contribution in [1.82, 2.24) is 10.2 Å². The second-order valence-corrected chi connectivity index (χ2v) is 12.7. The largest absolute Gasteiger partial charge is 0.352 e. The van der Waals surface area contributed by atoms with Gasteiger partial charge < -0.3 is 10.2 Å². The van der Waals surface area contributed by atoms with Crippen molar-refractivity contribution in [2.45, 2.75) is 50.7 Å². The zero-order chi connectivity index (χ0) is 28.7. The maximum atomic E-state index is 13.9. The molecule has 0 aromatic heterocycles. The first-order valence-electron chi connectivity index (χ1n) is 12.3. The lowest BCUT2D eigenvalue weighted by atomic mass is 10.1. The maximum Gasteiger partial charge on any atom is 0.264 e. The van der Waals surface area contributed by atoms with Gasteiger partial charge >= 0.3 is 0 Å². The van der Waals surface area contributed by atoms with Crippen LogP contribution in [-0.4, -0.2) is 43.8 Å². The molecule has 0 saturated carbocycles. The number of rotatable bonds is 11. The van der Waals surface area contributed by atoms with Crippen LogP contribution in [0, 0.1) is 0 Å². The van der Waals surface area contributed by atoms with Crippen LogP contribution in [0.1, 0.15) is 32.8 Å². The number of nitrogens with zero attached hydrogens (tertiary/aromatic N) is 2. The second-order valence-electron chi connectivity index (χ2n) is 9.10. The van der Waals surface area contributed by atoms with E-state index in [4.69, 9.17) is 23.2 Å². The highest BCUT2D eigenvalue weighted by molar-refractivity contribution is 9.10. The highest BCUT2D eigenvalue weighted by atomic mass is 79.9. The van der Waals surface area contributed by atoms with Crippen LogP contribution in [0.4, 0.5) is 5.69 Å². The Bertz CT molecular complexity index is 1400. The minimum atomic E-state index is -4.20. The topological polar surface area (TPSA) is 86.8 Å². The summed E-state index contributed by atoms with van der Waals surface area (Å²) in [7, 11) is -4.20. The van der Waals surface area contributed by atoms with Crippen molar-refractivity contribution < 1.29 is 18.0 Å². The lowest BCUT2D eigenvalue weighted by Gasteiger charge is -2.32. The molecule has 208 valence electrons. The predicted octanol–water partition coefficient (Wildman–Crippen LogP) is 6.28. The Balaban J connectivity index is 2.05. The van der Waals surface area contributed by atoms with E-state index in [9.17, 15) is 18.0 Å². The molecule has 3 aromatic carbocycles. The van der Waals surface area contributed by atoms with E-state index in [2.05, 4.69) is 21.2 Å². The van der Waals surface area contributed by atoms with Crippen LogP contribution in [0.2, 0.25) is 10.0 Å². The van der Waals surface area contributed by atoms with Crippen molar-refractivity contribution in [2.75, 3.05) is 10.8 Å². The molecule has 0 bridgehead atoms. The number of carbonyl (C=O) groups is 2. The number of nitrogens with one attached hydrogen (secondary N) is 1. The molecular weight excluding hydrogens is 625 g/mol. The molecule has 2 amide bonds. The summed E-state index contributed by atoms with van der Waals surface area (Å²) in [5.41, 5.74) is 0.896. The number of amides is 2. The molecule has 2 atom stereocenters. The molecule has 0 aliphatic rings. The highest BCUT2D eigenvalue weighted by Crippen LogP contribution is 2.30.